The van der Waals surface area contributed by atoms with Crippen LogP contribution in [0.1, 0.15) is 12.5 Å². The van der Waals surface area contributed by atoms with Gasteiger partial charge in [-0.05, 0) is 30.7 Å². The van der Waals surface area contributed by atoms with E-state index in [0.717, 1.165) is 0 Å². The molecule has 0 atom stereocenters. The van der Waals surface area contributed by atoms with Crippen LogP contribution in [0.5, 0.6) is 5.75 Å². The fourth-order valence-electron chi connectivity index (χ4n) is 1.77. The number of carbonyl (C=O) groups excluding carboxylic acids is 1. The van der Waals surface area contributed by atoms with Gasteiger partial charge in [-0.1, -0.05) is 18.2 Å². The van der Waals surface area contributed by atoms with Gasteiger partial charge in [0.05, 0.1) is 19.3 Å². The predicted molar refractivity (Wildman–Crippen MR) is 88.8 cm³/mol. The van der Waals surface area contributed by atoms with Gasteiger partial charge >= 0.3 is 5.97 Å². The maximum Gasteiger partial charge on any atom is 0.348 e. The molecule has 0 unspecified atom stereocenters. The summed E-state index contributed by atoms with van der Waals surface area (Å²) in [5.74, 6) is 1.66. The highest BCUT2D eigenvalue weighted by atomic mass is 16.5. The smallest absolute Gasteiger partial charge is 0.348 e. The molecule has 1 rings (SSSR count). The zero-order valence-corrected chi connectivity index (χ0v) is 13.2. The van der Waals surface area contributed by atoms with Gasteiger partial charge in [0.15, 0.2) is 0 Å². The Morgan fingerprint density at radius 3 is 2.33 bits per heavy atom. The van der Waals surface area contributed by atoms with Gasteiger partial charge in [0.2, 0.25) is 0 Å². The molecule has 0 bridgehead atoms. The average Bonchev–Trinajstić information content (AvgIpc) is 2.62. The summed E-state index contributed by atoms with van der Waals surface area (Å²) in [6.45, 7) is 1.77. The largest absolute Gasteiger partial charge is 0.762 e. The molecule has 24 heavy (non-hydrogen) atoms. The van der Waals surface area contributed by atoms with Gasteiger partial charge in [-0.15, -0.1) is 0 Å². The summed E-state index contributed by atoms with van der Waals surface area (Å²) >= 11 is 0. The minimum Gasteiger partial charge on any atom is -0.762 e. The lowest BCUT2D eigenvalue weighted by molar-refractivity contribution is -0.138. The molecule has 0 fully saturated rings. The number of nitriles is 2. The quantitative estimate of drug-likeness (QED) is 0.263. The molecule has 0 heterocycles. The zero-order chi connectivity index (χ0) is 17.9. The molecule has 1 aromatic rings. The predicted octanol–water partition coefficient (Wildman–Crippen LogP) is 2.78. The lowest BCUT2D eigenvalue weighted by Crippen LogP contribution is -2.05. The van der Waals surface area contributed by atoms with E-state index < -0.39 is 5.97 Å². The number of ether oxygens (including phenoxy) is 2. The topological polar surface area (TPSA) is 105 Å². The van der Waals surface area contributed by atoms with Gasteiger partial charge in [0.1, 0.15) is 23.5 Å². The Hall–Kier alpha value is -3.60. The number of benzene rings is 1. The van der Waals surface area contributed by atoms with Crippen molar-refractivity contribution in [1.82, 2.24) is 0 Å². The van der Waals surface area contributed by atoms with E-state index >= 15 is 0 Å². The van der Waals surface area contributed by atoms with E-state index in [9.17, 15) is 4.79 Å². The Morgan fingerprint density at radius 1 is 1.21 bits per heavy atom. The molecule has 0 aromatic heterocycles. The SMILES string of the molecule is CCOC(=O)/C(C#N)=C/C=C(C(=C=[N-])C#N)c1ccc(OC)cc1. The molecule has 1 aromatic carbocycles. The van der Waals surface area contributed by atoms with Crippen LogP contribution in [0.3, 0.4) is 0 Å². The molecule has 0 aliphatic carbocycles. The molecule has 0 N–H and O–H groups in total. The van der Waals surface area contributed by atoms with Gasteiger partial charge in [0, 0.05) is 5.57 Å². The lowest BCUT2D eigenvalue weighted by Gasteiger charge is -2.07. The van der Waals surface area contributed by atoms with Gasteiger partial charge in [0.25, 0.3) is 0 Å². The molecule has 0 aliphatic rings. The Balaban J connectivity index is 3.38. The fourth-order valence-corrected chi connectivity index (χ4v) is 1.77. The standard InChI is InChI=1S/C18H14N3O3/c1-3-24-18(22)14(10-19)6-9-17(15(11-20)12-21)13-4-7-16(23-2)8-5-13/h4-9H,3H2,1-2H3/q-1/b14-6+,17-9?. The third-order valence-electron chi connectivity index (χ3n) is 2.93. The molecular formula is C18H14N3O3-. The van der Waals surface area contributed by atoms with Crippen molar-refractivity contribution in [2.75, 3.05) is 13.7 Å². The number of nitrogens with zero attached hydrogens (tertiary/aromatic N) is 3. The van der Waals surface area contributed by atoms with Crippen LogP contribution in [-0.2, 0) is 9.53 Å². The molecule has 120 valence electrons. The zero-order valence-electron chi connectivity index (χ0n) is 13.2. The Kier molecular flexibility index (Phi) is 7.24. The third kappa shape index (κ3) is 4.71. The van der Waals surface area contributed by atoms with Crippen LogP contribution in [-0.4, -0.2) is 25.6 Å². The number of methoxy groups -OCH3 is 1. The average molecular weight is 320 g/mol. The summed E-state index contributed by atoms with van der Waals surface area (Å²) in [5, 5.41) is 27.3. The molecule has 0 spiro atoms. The van der Waals surface area contributed by atoms with Crippen LogP contribution in [0.2, 0.25) is 0 Å². The van der Waals surface area contributed by atoms with Crippen LogP contribution in [0.25, 0.3) is 11.0 Å². The van der Waals surface area contributed by atoms with Crippen molar-refractivity contribution >= 4 is 17.4 Å². The first-order valence-corrected chi connectivity index (χ1v) is 6.92. The summed E-state index contributed by atoms with van der Waals surface area (Å²) in [4.78, 5) is 11.6. The molecule has 0 amide bonds. The molecule has 6 heteroatoms. The van der Waals surface area contributed by atoms with E-state index in [4.69, 9.17) is 25.4 Å². The van der Waals surface area contributed by atoms with E-state index in [1.165, 1.54) is 19.3 Å². The van der Waals surface area contributed by atoms with Gasteiger partial charge in [-0.3, -0.25) is 0 Å². The van der Waals surface area contributed by atoms with Crippen LogP contribution >= 0.6 is 0 Å². The maximum absolute atomic E-state index is 11.6. The van der Waals surface area contributed by atoms with Gasteiger partial charge in [-0.25, -0.2) is 10.7 Å². The Labute approximate surface area is 140 Å². The first-order chi connectivity index (χ1) is 11.6. The van der Waals surface area contributed by atoms with E-state index in [0.29, 0.717) is 16.9 Å². The summed E-state index contributed by atoms with van der Waals surface area (Å²) in [5.41, 5.74) is 0.502. The minimum absolute atomic E-state index is 0.140. The fraction of sp³-hybridized carbons (Fsp3) is 0.167. The number of esters is 1. The first kappa shape index (κ1) is 18.4. The number of rotatable bonds is 6. The summed E-state index contributed by atoms with van der Waals surface area (Å²) in [6, 6.07) is 10.2. The number of hydrogen-bond acceptors (Lipinski definition) is 5. The number of hydrogen-bond donors (Lipinski definition) is 0. The second-order valence-corrected chi connectivity index (χ2v) is 4.32. The van der Waals surface area contributed by atoms with Crippen molar-refractivity contribution in [3.8, 4) is 17.9 Å². The van der Waals surface area contributed by atoms with Crippen molar-refractivity contribution in [3.63, 3.8) is 0 Å². The van der Waals surface area contributed by atoms with E-state index in [1.807, 2.05) is 0 Å². The number of carbonyl (C=O) groups is 1. The van der Waals surface area contributed by atoms with Crippen molar-refractivity contribution in [2.45, 2.75) is 6.92 Å². The summed E-state index contributed by atoms with van der Waals surface area (Å²) < 4.78 is 9.83. The lowest BCUT2D eigenvalue weighted by atomic mass is 9.98. The highest BCUT2D eigenvalue weighted by Crippen LogP contribution is 2.24. The highest BCUT2D eigenvalue weighted by Gasteiger charge is 2.10. The van der Waals surface area contributed by atoms with E-state index in [1.54, 1.807) is 49.2 Å². The van der Waals surface area contributed by atoms with Gasteiger partial charge < -0.3 is 14.9 Å². The molecule has 0 aliphatic heterocycles. The molecule has 6 nitrogen and oxygen atoms in total. The highest BCUT2D eigenvalue weighted by molar-refractivity contribution is 5.96. The summed E-state index contributed by atoms with van der Waals surface area (Å²) in [6.07, 6.45) is 2.60. The van der Waals surface area contributed by atoms with Crippen LogP contribution < -0.4 is 4.74 Å². The van der Waals surface area contributed by atoms with E-state index in [2.05, 4.69) is 0 Å². The van der Waals surface area contributed by atoms with Gasteiger partial charge in [-0.2, -0.15) is 10.5 Å². The second kappa shape index (κ2) is 9.42. The van der Waals surface area contributed by atoms with Crippen LogP contribution in [0, 0.1) is 22.7 Å². The Bertz CT molecular complexity index is 799. The monoisotopic (exact) mass is 320 g/mol. The normalized spacial score (nSPS) is 10.8. The van der Waals surface area contributed by atoms with Crippen molar-refractivity contribution in [2.24, 2.45) is 0 Å². The number of allylic oxidation sites excluding steroid dienone is 4. The Morgan fingerprint density at radius 2 is 1.88 bits per heavy atom. The van der Waals surface area contributed by atoms with Crippen LogP contribution in [0.15, 0.2) is 47.6 Å². The van der Waals surface area contributed by atoms with E-state index in [-0.39, 0.29) is 17.8 Å². The van der Waals surface area contributed by atoms with Crippen molar-refractivity contribution < 1.29 is 14.3 Å². The summed E-state index contributed by atoms with van der Waals surface area (Å²) in [7, 11) is 1.52. The van der Waals surface area contributed by atoms with Crippen molar-refractivity contribution in [1.29, 1.82) is 10.5 Å². The van der Waals surface area contributed by atoms with Crippen molar-refractivity contribution in [3.05, 3.63) is 58.5 Å². The first-order valence-electron chi connectivity index (χ1n) is 6.92. The molecule has 0 saturated carbocycles. The molecule has 0 radical (unpaired) electrons. The minimum atomic E-state index is -0.763. The van der Waals surface area contributed by atoms with Crippen LogP contribution in [0.4, 0.5) is 0 Å². The molecular weight excluding hydrogens is 306 g/mol. The maximum atomic E-state index is 11.6. The molecule has 0 saturated heterocycles. The third-order valence-corrected chi connectivity index (χ3v) is 2.93. The second-order valence-electron chi connectivity index (χ2n) is 4.32.